The zero-order valence-corrected chi connectivity index (χ0v) is 11.5. The van der Waals surface area contributed by atoms with Gasteiger partial charge in [-0.15, -0.1) is 0 Å². The summed E-state index contributed by atoms with van der Waals surface area (Å²) in [5.41, 5.74) is 0.204. The largest absolute Gasteiger partial charge is 0.281 e. The van der Waals surface area contributed by atoms with Crippen LogP contribution < -0.4 is 0 Å². The predicted octanol–water partition coefficient (Wildman–Crippen LogP) is 1.62. The van der Waals surface area contributed by atoms with Crippen LogP contribution >= 0.6 is 0 Å². The number of hydrogen-bond acceptors (Lipinski definition) is 2. The van der Waals surface area contributed by atoms with Crippen LogP contribution in [0.3, 0.4) is 0 Å². The number of allylic oxidation sites excluding steroid dienone is 2. The van der Waals surface area contributed by atoms with Gasteiger partial charge in [-0.05, 0) is 37.5 Å². The van der Waals surface area contributed by atoms with Crippen LogP contribution in [0.25, 0.3) is 0 Å². The maximum Gasteiger partial charge on any atom is 0.281 e. The van der Waals surface area contributed by atoms with E-state index in [9.17, 15) is 8.42 Å². The number of piperidine rings is 1. The average Bonchev–Trinajstić information content (AvgIpc) is 2.30. The van der Waals surface area contributed by atoms with Crippen LogP contribution in [0.15, 0.2) is 12.2 Å². The minimum Gasteiger partial charge on any atom is -0.195 e. The van der Waals surface area contributed by atoms with Gasteiger partial charge in [0.1, 0.15) is 0 Å². The summed E-state index contributed by atoms with van der Waals surface area (Å²) >= 11 is 0. The maximum atomic E-state index is 12.1. The van der Waals surface area contributed by atoms with Gasteiger partial charge in [0.15, 0.2) is 0 Å². The summed E-state index contributed by atoms with van der Waals surface area (Å²) in [5, 5.41) is 0. The van der Waals surface area contributed by atoms with Crippen molar-refractivity contribution in [1.82, 2.24) is 8.61 Å². The first kappa shape index (κ1) is 13.1. The summed E-state index contributed by atoms with van der Waals surface area (Å²) < 4.78 is 27.3. The Hall–Kier alpha value is -0.390. The molecular formula is C12H22N2O2S. The van der Waals surface area contributed by atoms with E-state index in [-0.39, 0.29) is 5.41 Å². The third-order valence-corrected chi connectivity index (χ3v) is 5.86. The van der Waals surface area contributed by atoms with Crippen molar-refractivity contribution in [2.45, 2.75) is 32.1 Å². The Morgan fingerprint density at radius 3 is 2.59 bits per heavy atom. The molecule has 0 amide bonds. The summed E-state index contributed by atoms with van der Waals surface area (Å²) in [6.07, 6.45) is 9.84. The van der Waals surface area contributed by atoms with Crippen LogP contribution in [0, 0.1) is 5.41 Å². The summed E-state index contributed by atoms with van der Waals surface area (Å²) in [4.78, 5) is 0. The third-order valence-electron chi connectivity index (χ3n) is 3.97. The van der Waals surface area contributed by atoms with Crippen molar-refractivity contribution in [2.75, 3.05) is 27.2 Å². The molecule has 0 saturated carbocycles. The Balaban J connectivity index is 2.15. The van der Waals surface area contributed by atoms with Gasteiger partial charge in [0.2, 0.25) is 0 Å². The second-order valence-electron chi connectivity index (χ2n) is 5.44. The molecule has 98 valence electrons. The first-order valence-corrected chi connectivity index (χ1v) is 7.69. The zero-order valence-electron chi connectivity index (χ0n) is 10.7. The molecule has 1 aliphatic carbocycles. The predicted molar refractivity (Wildman–Crippen MR) is 68.8 cm³/mol. The molecule has 0 unspecified atom stereocenters. The normalized spacial score (nSPS) is 31.2. The van der Waals surface area contributed by atoms with E-state index < -0.39 is 10.2 Å². The highest BCUT2D eigenvalue weighted by Gasteiger charge is 2.39. The van der Waals surface area contributed by atoms with E-state index in [4.69, 9.17) is 0 Å². The quantitative estimate of drug-likeness (QED) is 0.706. The number of nitrogens with zero attached hydrogens (tertiary/aromatic N) is 2. The van der Waals surface area contributed by atoms with Crippen LogP contribution in [-0.2, 0) is 10.2 Å². The monoisotopic (exact) mass is 258 g/mol. The Bertz CT molecular complexity index is 403. The van der Waals surface area contributed by atoms with Crippen LogP contribution in [0.5, 0.6) is 0 Å². The Labute approximate surface area is 104 Å². The average molecular weight is 258 g/mol. The Morgan fingerprint density at radius 1 is 1.24 bits per heavy atom. The van der Waals surface area contributed by atoms with Gasteiger partial charge in [-0.1, -0.05) is 12.2 Å². The summed E-state index contributed by atoms with van der Waals surface area (Å²) in [7, 11) is -0.0157. The molecule has 17 heavy (non-hydrogen) atoms. The van der Waals surface area contributed by atoms with Gasteiger partial charge in [-0.3, -0.25) is 0 Å². The first-order chi connectivity index (χ1) is 7.96. The summed E-state index contributed by atoms with van der Waals surface area (Å²) in [5.74, 6) is 0. The molecule has 4 nitrogen and oxygen atoms in total. The Morgan fingerprint density at radius 2 is 2.00 bits per heavy atom. The van der Waals surface area contributed by atoms with Gasteiger partial charge in [0.05, 0.1) is 0 Å². The van der Waals surface area contributed by atoms with Crippen molar-refractivity contribution in [2.24, 2.45) is 5.41 Å². The fourth-order valence-corrected chi connectivity index (χ4v) is 4.16. The minimum atomic E-state index is -3.23. The van der Waals surface area contributed by atoms with E-state index in [1.165, 1.54) is 4.31 Å². The van der Waals surface area contributed by atoms with Gasteiger partial charge in [0.25, 0.3) is 10.2 Å². The number of hydrogen-bond donors (Lipinski definition) is 0. The van der Waals surface area contributed by atoms with Crippen LogP contribution in [0.4, 0.5) is 0 Å². The van der Waals surface area contributed by atoms with E-state index in [1.54, 1.807) is 18.4 Å². The fraction of sp³-hybridized carbons (Fsp3) is 0.833. The molecule has 5 heteroatoms. The van der Waals surface area contributed by atoms with Gasteiger partial charge in [0, 0.05) is 27.2 Å². The zero-order chi connectivity index (χ0) is 12.5. The van der Waals surface area contributed by atoms with Gasteiger partial charge in [-0.25, -0.2) is 0 Å². The highest BCUT2D eigenvalue weighted by atomic mass is 32.2. The van der Waals surface area contributed by atoms with E-state index in [0.717, 1.165) is 32.1 Å². The van der Waals surface area contributed by atoms with Crippen LogP contribution in [-0.4, -0.2) is 44.2 Å². The first-order valence-electron chi connectivity index (χ1n) is 6.29. The minimum absolute atomic E-state index is 0.204. The molecule has 0 aromatic rings. The molecular weight excluding hydrogens is 236 g/mol. The Kier molecular flexibility index (Phi) is 3.61. The molecule has 2 rings (SSSR count). The van der Waals surface area contributed by atoms with Crippen molar-refractivity contribution in [3.05, 3.63) is 12.2 Å². The topological polar surface area (TPSA) is 40.6 Å². The van der Waals surface area contributed by atoms with E-state index >= 15 is 0 Å². The molecule has 0 aromatic heterocycles. The summed E-state index contributed by atoms with van der Waals surface area (Å²) in [6, 6.07) is 0. The lowest BCUT2D eigenvalue weighted by Crippen LogP contribution is -2.49. The molecule has 0 radical (unpaired) electrons. The van der Waals surface area contributed by atoms with Crippen molar-refractivity contribution < 1.29 is 8.42 Å². The molecule has 1 aliphatic heterocycles. The van der Waals surface area contributed by atoms with E-state index in [0.29, 0.717) is 13.1 Å². The second kappa shape index (κ2) is 4.71. The molecule has 0 bridgehead atoms. The van der Waals surface area contributed by atoms with Crippen molar-refractivity contribution in [3.63, 3.8) is 0 Å². The van der Waals surface area contributed by atoms with Crippen LogP contribution in [0.1, 0.15) is 32.1 Å². The van der Waals surface area contributed by atoms with Crippen molar-refractivity contribution in [1.29, 1.82) is 0 Å². The van der Waals surface area contributed by atoms with Gasteiger partial charge >= 0.3 is 0 Å². The highest BCUT2D eigenvalue weighted by Crippen LogP contribution is 2.41. The van der Waals surface area contributed by atoms with E-state index in [1.807, 2.05) is 0 Å². The lowest BCUT2D eigenvalue weighted by atomic mass is 9.72. The molecule has 0 aromatic carbocycles. The summed E-state index contributed by atoms with van der Waals surface area (Å²) in [6.45, 7) is 1.36. The molecule has 1 saturated heterocycles. The van der Waals surface area contributed by atoms with Crippen LogP contribution in [0.2, 0.25) is 0 Å². The molecule has 1 spiro atoms. The third kappa shape index (κ3) is 2.56. The van der Waals surface area contributed by atoms with Crippen molar-refractivity contribution >= 4 is 10.2 Å². The highest BCUT2D eigenvalue weighted by molar-refractivity contribution is 7.86. The SMILES string of the molecule is CN(C)S(=O)(=O)N1CCC[C@@]2(CC=CCC2)C1. The van der Waals surface area contributed by atoms with Gasteiger partial charge < -0.3 is 0 Å². The fourth-order valence-electron chi connectivity index (χ4n) is 2.90. The van der Waals surface area contributed by atoms with Gasteiger partial charge in [-0.2, -0.15) is 17.0 Å². The number of rotatable bonds is 2. The second-order valence-corrected chi connectivity index (χ2v) is 7.58. The molecule has 1 heterocycles. The molecule has 1 atom stereocenters. The lowest BCUT2D eigenvalue weighted by Gasteiger charge is -2.43. The maximum absolute atomic E-state index is 12.1. The van der Waals surface area contributed by atoms with E-state index in [2.05, 4.69) is 12.2 Å². The molecule has 2 aliphatic rings. The smallest absolute Gasteiger partial charge is 0.195 e. The lowest BCUT2D eigenvalue weighted by molar-refractivity contribution is 0.129. The molecule has 1 fully saturated rings. The standard InChI is InChI=1S/C12H22N2O2S/c1-13(2)17(15,16)14-10-6-9-12(11-14)7-4-3-5-8-12/h3-4H,5-11H2,1-2H3/t12-/m0/s1. The molecule has 0 N–H and O–H groups in total. The van der Waals surface area contributed by atoms with Crippen molar-refractivity contribution in [3.8, 4) is 0 Å².